The van der Waals surface area contributed by atoms with E-state index in [9.17, 15) is 4.79 Å². The van der Waals surface area contributed by atoms with Gasteiger partial charge < -0.3 is 10.1 Å². The predicted molar refractivity (Wildman–Crippen MR) is 96.9 cm³/mol. The van der Waals surface area contributed by atoms with Gasteiger partial charge in [0, 0.05) is 10.2 Å². The van der Waals surface area contributed by atoms with Crippen molar-refractivity contribution >= 4 is 27.8 Å². The van der Waals surface area contributed by atoms with Gasteiger partial charge in [-0.05, 0) is 41.5 Å². The van der Waals surface area contributed by atoms with E-state index in [0.29, 0.717) is 23.8 Å². The summed E-state index contributed by atoms with van der Waals surface area (Å²) < 4.78 is 8.07. The minimum absolute atomic E-state index is 0.338. The fourth-order valence-corrected chi connectivity index (χ4v) is 3.09. The van der Waals surface area contributed by atoms with E-state index in [1.54, 1.807) is 4.68 Å². The molecule has 0 spiro atoms. The van der Waals surface area contributed by atoms with E-state index in [-0.39, 0.29) is 5.97 Å². The Morgan fingerprint density at radius 2 is 2.08 bits per heavy atom. The van der Waals surface area contributed by atoms with Crippen molar-refractivity contribution in [1.29, 1.82) is 0 Å². The number of ether oxygens (including phenoxy) is 1. The van der Waals surface area contributed by atoms with Crippen LogP contribution in [0.1, 0.15) is 44.7 Å². The molecule has 1 atom stereocenters. The van der Waals surface area contributed by atoms with Crippen LogP contribution in [-0.2, 0) is 9.53 Å². The van der Waals surface area contributed by atoms with Crippen molar-refractivity contribution in [2.24, 2.45) is 0 Å². The highest BCUT2D eigenvalue weighted by Gasteiger charge is 2.34. The first-order valence-electron chi connectivity index (χ1n) is 8.30. The van der Waals surface area contributed by atoms with Crippen LogP contribution in [0.2, 0.25) is 0 Å². The van der Waals surface area contributed by atoms with Crippen molar-refractivity contribution in [3.05, 3.63) is 45.6 Å². The number of fused-ring (bicyclic) bond motifs is 1. The Balaban J connectivity index is 1.92. The number of nitrogens with zero attached hydrogens (tertiary/aromatic N) is 4. The second-order valence-electron chi connectivity index (χ2n) is 5.91. The lowest BCUT2D eigenvalue weighted by atomic mass is 9.96. The maximum Gasteiger partial charge on any atom is 0.338 e. The SMILES string of the molecule is CCCCCOC(=O)C1=C(C)Nc2nnnn2[C@@H]1c1ccc(Br)cc1. The number of unbranched alkanes of at least 4 members (excludes halogenated alkanes) is 2. The van der Waals surface area contributed by atoms with Crippen molar-refractivity contribution in [1.82, 2.24) is 20.2 Å². The third kappa shape index (κ3) is 3.73. The topological polar surface area (TPSA) is 81.9 Å². The number of hydrogen-bond donors (Lipinski definition) is 1. The molecule has 1 N–H and O–H groups in total. The Bertz CT molecular complexity index is 785. The normalized spacial score (nSPS) is 16.4. The Morgan fingerprint density at radius 1 is 1.32 bits per heavy atom. The summed E-state index contributed by atoms with van der Waals surface area (Å²) in [6.45, 7) is 4.37. The number of rotatable bonds is 6. The highest BCUT2D eigenvalue weighted by atomic mass is 79.9. The molecule has 1 aromatic heterocycles. The number of tetrazole rings is 1. The molecule has 0 aliphatic carbocycles. The van der Waals surface area contributed by atoms with Gasteiger partial charge in [0.15, 0.2) is 0 Å². The zero-order valence-electron chi connectivity index (χ0n) is 14.2. The van der Waals surface area contributed by atoms with E-state index in [2.05, 4.69) is 43.7 Å². The molecule has 25 heavy (non-hydrogen) atoms. The van der Waals surface area contributed by atoms with Gasteiger partial charge in [-0.25, -0.2) is 4.79 Å². The number of nitrogens with one attached hydrogen (secondary N) is 1. The molecule has 0 radical (unpaired) electrons. The van der Waals surface area contributed by atoms with Crippen molar-refractivity contribution < 1.29 is 9.53 Å². The molecule has 0 amide bonds. The molecular formula is C17H20BrN5O2. The molecule has 132 valence electrons. The number of esters is 1. The molecule has 2 heterocycles. The number of anilines is 1. The molecule has 1 aliphatic heterocycles. The molecule has 8 heteroatoms. The van der Waals surface area contributed by atoms with Crippen LogP contribution in [-0.4, -0.2) is 32.8 Å². The first kappa shape index (κ1) is 17.6. The summed E-state index contributed by atoms with van der Waals surface area (Å²) in [5.74, 6) is 0.170. The molecule has 2 aromatic rings. The van der Waals surface area contributed by atoms with Crippen LogP contribution in [0.4, 0.5) is 5.95 Å². The Labute approximate surface area is 154 Å². The molecule has 1 aliphatic rings. The van der Waals surface area contributed by atoms with Gasteiger partial charge in [-0.2, -0.15) is 4.68 Å². The fraction of sp³-hybridized carbons (Fsp3) is 0.412. The number of carbonyl (C=O) groups excluding carboxylic acids is 1. The first-order chi connectivity index (χ1) is 12.1. The average molecular weight is 406 g/mol. The third-order valence-electron chi connectivity index (χ3n) is 4.10. The van der Waals surface area contributed by atoms with Gasteiger partial charge in [-0.1, -0.05) is 52.9 Å². The fourth-order valence-electron chi connectivity index (χ4n) is 2.82. The molecule has 0 unspecified atom stereocenters. The number of benzene rings is 1. The quantitative estimate of drug-likeness (QED) is 0.585. The van der Waals surface area contributed by atoms with Crippen LogP contribution in [0.3, 0.4) is 0 Å². The number of aromatic nitrogens is 4. The summed E-state index contributed by atoms with van der Waals surface area (Å²) in [7, 11) is 0. The Kier molecular flexibility index (Phi) is 5.47. The van der Waals surface area contributed by atoms with Crippen molar-refractivity contribution in [3.63, 3.8) is 0 Å². The molecule has 1 aromatic carbocycles. The minimum Gasteiger partial charge on any atom is -0.462 e. The lowest BCUT2D eigenvalue weighted by Crippen LogP contribution is -2.29. The summed E-state index contributed by atoms with van der Waals surface area (Å²) in [4.78, 5) is 12.7. The Hall–Kier alpha value is -2.22. The van der Waals surface area contributed by atoms with Crippen LogP contribution < -0.4 is 5.32 Å². The molecule has 0 saturated carbocycles. The van der Waals surface area contributed by atoms with Crippen LogP contribution >= 0.6 is 15.9 Å². The molecule has 7 nitrogen and oxygen atoms in total. The van der Waals surface area contributed by atoms with E-state index in [1.807, 2.05) is 31.2 Å². The van der Waals surface area contributed by atoms with Crippen LogP contribution in [0.15, 0.2) is 40.0 Å². The van der Waals surface area contributed by atoms with Crippen LogP contribution in [0.25, 0.3) is 0 Å². The van der Waals surface area contributed by atoms with Crippen molar-refractivity contribution in [2.45, 2.75) is 39.2 Å². The monoisotopic (exact) mass is 405 g/mol. The van der Waals surface area contributed by atoms with Crippen LogP contribution in [0.5, 0.6) is 0 Å². The van der Waals surface area contributed by atoms with Gasteiger partial charge in [-0.3, -0.25) is 0 Å². The largest absolute Gasteiger partial charge is 0.462 e. The van der Waals surface area contributed by atoms with Crippen molar-refractivity contribution in [3.8, 4) is 0 Å². The summed E-state index contributed by atoms with van der Waals surface area (Å²) in [5, 5.41) is 14.8. The standard InChI is InChI=1S/C17H20BrN5O2/c1-3-4-5-10-25-16(24)14-11(2)19-17-20-21-22-23(17)15(14)12-6-8-13(18)9-7-12/h6-9,15H,3-5,10H2,1-2H3,(H,19,20,22)/t15-/m1/s1. The summed E-state index contributed by atoms with van der Waals surface area (Å²) >= 11 is 3.44. The molecule has 0 fully saturated rings. The summed E-state index contributed by atoms with van der Waals surface area (Å²) in [5.41, 5.74) is 2.15. The zero-order valence-corrected chi connectivity index (χ0v) is 15.8. The summed E-state index contributed by atoms with van der Waals surface area (Å²) in [6.07, 6.45) is 2.98. The van der Waals surface area contributed by atoms with E-state index < -0.39 is 6.04 Å². The lowest BCUT2D eigenvalue weighted by Gasteiger charge is -2.27. The average Bonchev–Trinajstić information content (AvgIpc) is 3.06. The van der Waals surface area contributed by atoms with Gasteiger partial charge in [0.2, 0.25) is 5.95 Å². The maximum absolute atomic E-state index is 12.7. The number of allylic oxidation sites excluding steroid dienone is 1. The van der Waals surface area contributed by atoms with Crippen molar-refractivity contribution in [2.75, 3.05) is 11.9 Å². The molecule has 0 saturated heterocycles. The lowest BCUT2D eigenvalue weighted by molar-refractivity contribution is -0.139. The predicted octanol–water partition coefficient (Wildman–Crippen LogP) is 3.46. The smallest absolute Gasteiger partial charge is 0.338 e. The maximum atomic E-state index is 12.7. The van der Waals surface area contributed by atoms with Gasteiger partial charge in [-0.15, -0.1) is 0 Å². The third-order valence-corrected chi connectivity index (χ3v) is 4.63. The van der Waals surface area contributed by atoms with Gasteiger partial charge in [0.25, 0.3) is 0 Å². The number of halogens is 1. The van der Waals surface area contributed by atoms with Crippen LogP contribution in [0, 0.1) is 0 Å². The summed E-state index contributed by atoms with van der Waals surface area (Å²) in [6, 6.07) is 7.34. The molecular weight excluding hydrogens is 386 g/mol. The van der Waals surface area contributed by atoms with Gasteiger partial charge in [0.1, 0.15) is 6.04 Å². The Morgan fingerprint density at radius 3 is 2.80 bits per heavy atom. The minimum atomic E-state index is -0.418. The second kappa shape index (κ2) is 7.77. The second-order valence-corrected chi connectivity index (χ2v) is 6.82. The van der Waals surface area contributed by atoms with E-state index >= 15 is 0 Å². The molecule has 3 rings (SSSR count). The van der Waals surface area contributed by atoms with E-state index in [1.165, 1.54) is 0 Å². The molecule has 0 bridgehead atoms. The highest BCUT2D eigenvalue weighted by molar-refractivity contribution is 9.10. The highest BCUT2D eigenvalue weighted by Crippen LogP contribution is 2.35. The number of hydrogen-bond acceptors (Lipinski definition) is 6. The number of carbonyl (C=O) groups is 1. The van der Waals surface area contributed by atoms with E-state index in [0.717, 1.165) is 29.3 Å². The zero-order chi connectivity index (χ0) is 17.8. The van der Waals surface area contributed by atoms with E-state index in [4.69, 9.17) is 4.74 Å². The first-order valence-corrected chi connectivity index (χ1v) is 9.09. The van der Waals surface area contributed by atoms with Gasteiger partial charge >= 0.3 is 5.97 Å². The van der Waals surface area contributed by atoms with Gasteiger partial charge in [0.05, 0.1) is 12.2 Å².